The molecule has 0 spiro atoms. The van der Waals surface area contributed by atoms with Gasteiger partial charge in [-0.25, -0.2) is 8.78 Å². The van der Waals surface area contributed by atoms with Gasteiger partial charge >= 0.3 is 0 Å². The highest BCUT2D eigenvalue weighted by Crippen LogP contribution is 2.17. The van der Waals surface area contributed by atoms with Crippen LogP contribution in [0.2, 0.25) is 0 Å². The minimum Gasteiger partial charge on any atom is -0.352 e. The Labute approximate surface area is 117 Å². The first-order chi connectivity index (χ1) is 9.65. The zero-order valence-electron chi connectivity index (χ0n) is 11.4. The lowest BCUT2D eigenvalue weighted by Gasteiger charge is -2.22. The lowest BCUT2D eigenvalue weighted by molar-refractivity contribution is -0.121. The SMILES string of the molecule is O=C(CCC1CCNCC1)NCc1ccc(F)c(F)c1. The predicted octanol–water partition coefficient (Wildman–Crippen LogP) is 2.36. The summed E-state index contributed by atoms with van der Waals surface area (Å²) in [5.74, 6) is -1.17. The van der Waals surface area contributed by atoms with E-state index >= 15 is 0 Å². The molecule has 1 heterocycles. The van der Waals surface area contributed by atoms with Crippen LogP contribution in [-0.4, -0.2) is 19.0 Å². The van der Waals surface area contributed by atoms with Gasteiger partial charge in [-0.3, -0.25) is 4.79 Å². The van der Waals surface area contributed by atoms with Crippen LogP contribution in [0, 0.1) is 17.6 Å². The zero-order valence-corrected chi connectivity index (χ0v) is 11.4. The fourth-order valence-corrected chi connectivity index (χ4v) is 2.44. The van der Waals surface area contributed by atoms with Crippen LogP contribution >= 0.6 is 0 Å². The van der Waals surface area contributed by atoms with E-state index < -0.39 is 11.6 Å². The van der Waals surface area contributed by atoms with Crippen molar-refractivity contribution < 1.29 is 13.6 Å². The minimum absolute atomic E-state index is 0.0340. The maximum atomic E-state index is 13.0. The minimum atomic E-state index is -0.883. The van der Waals surface area contributed by atoms with Crippen molar-refractivity contribution in [1.82, 2.24) is 10.6 Å². The maximum Gasteiger partial charge on any atom is 0.220 e. The number of piperidine rings is 1. The molecule has 20 heavy (non-hydrogen) atoms. The van der Waals surface area contributed by atoms with Gasteiger partial charge in [0.25, 0.3) is 0 Å². The lowest BCUT2D eigenvalue weighted by Crippen LogP contribution is -2.29. The topological polar surface area (TPSA) is 41.1 Å². The van der Waals surface area contributed by atoms with Crippen LogP contribution in [0.15, 0.2) is 18.2 Å². The Morgan fingerprint density at radius 1 is 1.25 bits per heavy atom. The summed E-state index contributed by atoms with van der Waals surface area (Å²) in [5.41, 5.74) is 0.569. The van der Waals surface area contributed by atoms with E-state index in [4.69, 9.17) is 0 Å². The van der Waals surface area contributed by atoms with Gasteiger partial charge in [0, 0.05) is 13.0 Å². The second-order valence-corrected chi connectivity index (χ2v) is 5.26. The van der Waals surface area contributed by atoms with E-state index in [1.165, 1.54) is 6.07 Å². The third-order valence-corrected chi connectivity index (χ3v) is 3.71. The molecule has 0 aliphatic carbocycles. The normalized spacial score (nSPS) is 16.1. The number of halogens is 2. The molecule has 1 amide bonds. The molecule has 110 valence electrons. The summed E-state index contributed by atoms with van der Waals surface area (Å²) in [6.07, 6.45) is 3.63. The number of amides is 1. The molecule has 2 rings (SSSR count). The Morgan fingerprint density at radius 2 is 2.00 bits per heavy atom. The number of nitrogens with one attached hydrogen (secondary N) is 2. The second-order valence-electron chi connectivity index (χ2n) is 5.26. The van der Waals surface area contributed by atoms with Gasteiger partial charge in [0.15, 0.2) is 11.6 Å². The molecule has 1 aliphatic rings. The number of benzene rings is 1. The van der Waals surface area contributed by atoms with Gasteiger partial charge < -0.3 is 10.6 Å². The standard InChI is InChI=1S/C15H20F2N2O/c16-13-3-1-12(9-14(13)17)10-19-15(20)4-2-11-5-7-18-8-6-11/h1,3,9,11,18H,2,4-8,10H2,(H,19,20). The molecular formula is C15H20F2N2O. The van der Waals surface area contributed by atoms with Crippen LogP contribution in [0.5, 0.6) is 0 Å². The second kappa shape index (κ2) is 7.33. The van der Waals surface area contributed by atoms with Crippen molar-refractivity contribution in [2.24, 2.45) is 5.92 Å². The highest BCUT2D eigenvalue weighted by Gasteiger charge is 2.14. The molecular weight excluding hydrogens is 262 g/mol. The quantitative estimate of drug-likeness (QED) is 0.870. The first kappa shape index (κ1) is 14.9. The molecule has 0 saturated carbocycles. The fourth-order valence-electron chi connectivity index (χ4n) is 2.44. The summed E-state index contributed by atoms with van der Waals surface area (Å²) >= 11 is 0. The molecule has 0 atom stereocenters. The number of hydrogen-bond donors (Lipinski definition) is 2. The van der Waals surface area contributed by atoms with Crippen LogP contribution in [-0.2, 0) is 11.3 Å². The molecule has 1 aromatic rings. The third kappa shape index (κ3) is 4.56. The number of carbonyl (C=O) groups excluding carboxylic acids is 1. The van der Waals surface area contributed by atoms with Gasteiger partial charge in [0.05, 0.1) is 0 Å². The van der Waals surface area contributed by atoms with E-state index in [0.29, 0.717) is 17.9 Å². The summed E-state index contributed by atoms with van der Waals surface area (Å²) in [5, 5.41) is 6.03. The van der Waals surface area contributed by atoms with Crippen LogP contribution in [0.25, 0.3) is 0 Å². The number of hydrogen-bond acceptors (Lipinski definition) is 2. The highest BCUT2D eigenvalue weighted by molar-refractivity contribution is 5.75. The van der Waals surface area contributed by atoms with Gasteiger partial charge in [-0.15, -0.1) is 0 Å². The largest absolute Gasteiger partial charge is 0.352 e. The van der Waals surface area contributed by atoms with E-state index in [0.717, 1.165) is 44.5 Å². The van der Waals surface area contributed by atoms with Crippen molar-refractivity contribution in [2.75, 3.05) is 13.1 Å². The van der Waals surface area contributed by atoms with Gasteiger partial charge in [0.1, 0.15) is 0 Å². The Kier molecular flexibility index (Phi) is 5.47. The predicted molar refractivity (Wildman–Crippen MR) is 73.0 cm³/mol. The van der Waals surface area contributed by atoms with Crippen LogP contribution in [0.3, 0.4) is 0 Å². The average molecular weight is 282 g/mol. The van der Waals surface area contributed by atoms with Crippen molar-refractivity contribution in [3.05, 3.63) is 35.4 Å². The molecule has 0 bridgehead atoms. The fraction of sp³-hybridized carbons (Fsp3) is 0.533. The third-order valence-electron chi connectivity index (χ3n) is 3.71. The first-order valence-corrected chi connectivity index (χ1v) is 7.06. The first-order valence-electron chi connectivity index (χ1n) is 7.06. The summed E-state index contributed by atoms with van der Waals surface area (Å²) in [7, 11) is 0. The molecule has 2 N–H and O–H groups in total. The van der Waals surface area contributed by atoms with Gasteiger partial charge in [-0.2, -0.15) is 0 Å². The van der Waals surface area contributed by atoms with Crippen molar-refractivity contribution in [1.29, 1.82) is 0 Å². The summed E-state index contributed by atoms with van der Waals surface area (Å²) in [6.45, 7) is 2.30. The Hall–Kier alpha value is -1.49. The molecule has 1 saturated heterocycles. The number of carbonyl (C=O) groups is 1. The van der Waals surface area contributed by atoms with E-state index in [-0.39, 0.29) is 12.5 Å². The number of rotatable bonds is 5. The van der Waals surface area contributed by atoms with Crippen molar-refractivity contribution in [2.45, 2.75) is 32.2 Å². The van der Waals surface area contributed by atoms with E-state index in [2.05, 4.69) is 10.6 Å². The van der Waals surface area contributed by atoms with E-state index in [9.17, 15) is 13.6 Å². The smallest absolute Gasteiger partial charge is 0.220 e. The molecule has 1 aliphatic heterocycles. The molecule has 0 aromatic heterocycles. The van der Waals surface area contributed by atoms with Crippen molar-refractivity contribution in [3.8, 4) is 0 Å². The monoisotopic (exact) mass is 282 g/mol. The average Bonchev–Trinajstić information content (AvgIpc) is 2.47. The van der Waals surface area contributed by atoms with Crippen LogP contribution in [0.1, 0.15) is 31.2 Å². The molecule has 5 heteroatoms. The summed E-state index contributed by atoms with van der Waals surface area (Å²) < 4.78 is 25.8. The van der Waals surface area contributed by atoms with Gasteiger partial charge in [0.2, 0.25) is 5.91 Å². The molecule has 1 aromatic carbocycles. The van der Waals surface area contributed by atoms with E-state index in [1.807, 2.05) is 0 Å². The van der Waals surface area contributed by atoms with Crippen molar-refractivity contribution in [3.63, 3.8) is 0 Å². The lowest BCUT2D eigenvalue weighted by atomic mass is 9.93. The summed E-state index contributed by atoms with van der Waals surface area (Å²) in [4.78, 5) is 11.7. The Morgan fingerprint density at radius 3 is 2.70 bits per heavy atom. The van der Waals surface area contributed by atoms with Crippen LogP contribution in [0.4, 0.5) is 8.78 Å². The molecule has 0 unspecified atom stereocenters. The molecule has 0 radical (unpaired) electrons. The van der Waals surface area contributed by atoms with Crippen molar-refractivity contribution >= 4 is 5.91 Å². The van der Waals surface area contributed by atoms with Crippen LogP contribution < -0.4 is 10.6 Å². The summed E-state index contributed by atoms with van der Waals surface area (Å²) in [6, 6.07) is 3.67. The van der Waals surface area contributed by atoms with E-state index in [1.54, 1.807) is 0 Å². The van der Waals surface area contributed by atoms with Gasteiger partial charge in [-0.05, 0) is 56.0 Å². The Balaban J connectivity index is 1.70. The highest BCUT2D eigenvalue weighted by atomic mass is 19.2. The molecule has 1 fully saturated rings. The Bertz CT molecular complexity index is 459. The maximum absolute atomic E-state index is 13.0. The zero-order chi connectivity index (χ0) is 14.4. The van der Waals surface area contributed by atoms with Gasteiger partial charge in [-0.1, -0.05) is 6.07 Å². The molecule has 3 nitrogen and oxygen atoms in total.